The van der Waals surface area contributed by atoms with Gasteiger partial charge in [0.05, 0.1) is 24.8 Å². The lowest BCUT2D eigenvalue weighted by Gasteiger charge is -2.36. The number of anilines is 1. The number of carbonyl (C=O) groups excluding carboxylic acids is 3. The normalized spacial score (nSPS) is 18.8. The molecule has 190 valence electrons. The largest absolute Gasteiger partial charge is 0.463 e. The third kappa shape index (κ3) is 6.46. The molecule has 0 spiro atoms. The minimum atomic E-state index is -0.606. The minimum absolute atomic E-state index is 0.168. The lowest BCUT2D eigenvalue weighted by atomic mass is 9.95. The number of nitrogens with zero attached hydrogens (tertiary/aromatic N) is 2. The zero-order valence-corrected chi connectivity index (χ0v) is 20.1. The molecule has 2 aliphatic rings. The van der Waals surface area contributed by atoms with E-state index in [1.165, 1.54) is 24.3 Å². The maximum absolute atomic E-state index is 13.1. The smallest absolute Gasteiger partial charge is 0.338 e. The molecule has 9 nitrogen and oxygen atoms in total. The molecule has 2 heterocycles. The Labute approximate surface area is 209 Å². The van der Waals surface area contributed by atoms with E-state index in [4.69, 9.17) is 4.74 Å². The van der Waals surface area contributed by atoms with Gasteiger partial charge >= 0.3 is 12.0 Å². The van der Waals surface area contributed by atoms with Gasteiger partial charge in [0.2, 0.25) is 5.91 Å². The molecule has 2 aromatic rings. The number of amides is 3. The summed E-state index contributed by atoms with van der Waals surface area (Å²) in [5, 5.41) is 8.43. The van der Waals surface area contributed by atoms with Gasteiger partial charge in [-0.1, -0.05) is 30.3 Å². The molecule has 2 aromatic carbocycles. The lowest BCUT2D eigenvalue weighted by molar-refractivity contribution is -0.139. The molecule has 0 radical (unpaired) electrons. The molecule has 1 saturated heterocycles. The predicted octanol–water partition coefficient (Wildman–Crippen LogP) is 2.25. The second kappa shape index (κ2) is 11.8. The van der Waals surface area contributed by atoms with Gasteiger partial charge in [0.15, 0.2) is 0 Å². The van der Waals surface area contributed by atoms with Crippen LogP contribution in [0, 0.1) is 5.82 Å². The van der Waals surface area contributed by atoms with Crippen molar-refractivity contribution in [2.75, 3.05) is 51.2 Å². The van der Waals surface area contributed by atoms with E-state index < -0.39 is 12.0 Å². The Morgan fingerprint density at radius 2 is 1.69 bits per heavy atom. The quantitative estimate of drug-likeness (QED) is 0.486. The number of hydrogen-bond donors (Lipinski definition) is 3. The van der Waals surface area contributed by atoms with Crippen molar-refractivity contribution in [3.8, 4) is 0 Å². The van der Waals surface area contributed by atoms with Crippen LogP contribution < -0.4 is 16.0 Å². The summed E-state index contributed by atoms with van der Waals surface area (Å²) in [6.45, 7) is 5.17. The molecule has 2 aliphatic heterocycles. The molecular weight excluding hydrogens is 465 g/mol. The Balaban J connectivity index is 1.40. The fourth-order valence-corrected chi connectivity index (χ4v) is 4.35. The van der Waals surface area contributed by atoms with Gasteiger partial charge in [-0.3, -0.25) is 14.6 Å². The van der Waals surface area contributed by atoms with Crippen LogP contribution >= 0.6 is 0 Å². The van der Waals surface area contributed by atoms with Gasteiger partial charge in [-0.15, -0.1) is 0 Å². The molecule has 0 bridgehead atoms. The van der Waals surface area contributed by atoms with Gasteiger partial charge < -0.3 is 20.7 Å². The number of halogens is 1. The predicted molar refractivity (Wildman–Crippen MR) is 132 cm³/mol. The molecule has 1 atom stereocenters. The molecule has 3 N–H and O–H groups in total. The topological polar surface area (TPSA) is 103 Å². The molecule has 10 heteroatoms. The highest BCUT2D eigenvalue weighted by molar-refractivity contribution is 5.95. The highest BCUT2D eigenvalue weighted by Crippen LogP contribution is 2.28. The molecule has 4 rings (SSSR count). The minimum Gasteiger partial charge on any atom is -0.463 e. The molecular formula is C26H30FN5O4. The second-order valence-corrected chi connectivity index (χ2v) is 8.66. The number of hydrogen-bond acceptors (Lipinski definition) is 6. The van der Waals surface area contributed by atoms with Crippen molar-refractivity contribution in [3.63, 3.8) is 0 Å². The van der Waals surface area contributed by atoms with E-state index in [9.17, 15) is 18.8 Å². The van der Waals surface area contributed by atoms with E-state index in [0.717, 1.165) is 5.56 Å². The van der Waals surface area contributed by atoms with Crippen molar-refractivity contribution < 1.29 is 23.5 Å². The Morgan fingerprint density at radius 1 is 1.03 bits per heavy atom. The first-order valence-corrected chi connectivity index (χ1v) is 12.0. The van der Waals surface area contributed by atoms with Crippen molar-refractivity contribution in [1.29, 1.82) is 0 Å². The number of urea groups is 1. The van der Waals surface area contributed by atoms with Gasteiger partial charge in [-0.2, -0.15) is 0 Å². The summed E-state index contributed by atoms with van der Waals surface area (Å²) in [6, 6.07) is 14.0. The highest BCUT2D eigenvalue weighted by Gasteiger charge is 2.34. The highest BCUT2D eigenvalue weighted by atomic mass is 19.1. The number of carbonyl (C=O) groups is 3. The first kappa shape index (κ1) is 25.3. The Morgan fingerprint density at radius 3 is 2.36 bits per heavy atom. The fourth-order valence-electron chi connectivity index (χ4n) is 4.35. The van der Waals surface area contributed by atoms with Crippen molar-refractivity contribution in [1.82, 2.24) is 20.4 Å². The number of esters is 1. The lowest BCUT2D eigenvalue weighted by Crippen LogP contribution is -2.52. The van der Waals surface area contributed by atoms with Gasteiger partial charge in [0.1, 0.15) is 5.82 Å². The molecule has 0 aliphatic carbocycles. The molecule has 3 amide bonds. The van der Waals surface area contributed by atoms with E-state index in [-0.39, 0.29) is 30.9 Å². The van der Waals surface area contributed by atoms with Crippen LogP contribution in [0.5, 0.6) is 0 Å². The molecule has 1 unspecified atom stereocenters. The van der Waals surface area contributed by atoms with Crippen LogP contribution in [0.3, 0.4) is 0 Å². The summed E-state index contributed by atoms with van der Waals surface area (Å²) in [4.78, 5) is 41.9. The zero-order valence-electron chi connectivity index (χ0n) is 20.1. The summed E-state index contributed by atoms with van der Waals surface area (Å²) in [5.41, 5.74) is 2.26. The summed E-state index contributed by atoms with van der Waals surface area (Å²) in [6.07, 6.45) is 0. The molecule has 1 fully saturated rings. The molecule has 0 aromatic heterocycles. The van der Waals surface area contributed by atoms with Crippen molar-refractivity contribution in [2.24, 2.45) is 0 Å². The van der Waals surface area contributed by atoms with Gasteiger partial charge in [0.25, 0.3) is 0 Å². The van der Waals surface area contributed by atoms with Crippen LogP contribution in [0.4, 0.5) is 14.9 Å². The van der Waals surface area contributed by atoms with E-state index >= 15 is 0 Å². The standard InChI is InChI=1S/C26H30FN5O4/c1-2-36-25(34)23-21(29-26(35)30-24(23)18-6-4-3-5-7-18)16-31-12-14-32(15-13-31)17-22(33)28-20-10-8-19(27)9-11-20/h3-11,24H,2,12-17H2,1H3,(H,28,33)(H2,29,30,35). The maximum Gasteiger partial charge on any atom is 0.338 e. The van der Waals surface area contributed by atoms with Crippen molar-refractivity contribution in [2.45, 2.75) is 13.0 Å². The average molecular weight is 496 g/mol. The number of nitrogens with one attached hydrogen (secondary N) is 3. The first-order chi connectivity index (χ1) is 17.4. The van der Waals surface area contributed by atoms with Crippen LogP contribution in [0.15, 0.2) is 65.9 Å². The van der Waals surface area contributed by atoms with Gasteiger partial charge in [-0.05, 0) is 36.8 Å². The van der Waals surface area contributed by atoms with Gasteiger partial charge in [-0.25, -0.2) is 14.0 Å². The Hall–Kier alpha value is -3.76. The third-order valence-corrected chi connectivity index (χ3v) is 6.12. The van der Waals surface area contributed by atoms with Crippen LogP contribution in [-0.4, -0.2) is 73.6 Å². The number of piperazine rings is 1. The monoisotopic (exact) mass is 495 g/mol. The maximum atomic E-state index is 13.1. The van der Waals surface area contributed by atoms with E-state index in [0.29, 0.717) is 49.7 Å². The van der Waals surface area contributed by atoms with Crippen LogP contribution in [-0.2, 0) is 14.3 Å². The summed E-state index contributed by atoms with van der Waals surface area (Å²) < 4.78 is 18.4. The van der Waals surface area contributed by atoms with Crippen LogP contribution in [0.25, 0.3) is 0 Å². The summed E-state index contributed by atoms with van der Waals surface area (Å²) in [5.74, 6) is -0.992. The number of rotatable bonds is 8. The van der Waals surface area contributed by atoms with E-state index in [1.54, 1.807) is 6.92 Å². The zero-order chi connectivity index (χ0) is 25.5. The SMILES string of the molecule is CCOC(=O)C1=C(CN2CCN(CC(=O)Nc3ccc(F)cc3)CC2)NC(=O)NC1c1ccccc1. The van der Waals surface area contributed by atoms with E-state index in [1.807, 2.05) is 35.2 Å². The number of benzene rings is 2. The first-order valence-electron chi connectivity index (χ1n) is 12.0. The average Bonchev–Trinajstić information content (AvgIpc) is 2.87. The molecule has 36 heavy (non-hydrogen) atoms. The second-order valence-electron chi connectivity index (χ2n) is 8.66. The van der Waals surface area contributed by atoms with Crippen molar-refractivity contribution >= 4 is 23.6 Å². The van der Waals surface area contributed by atoms with Crippen LogP contribution in [0.2, 0.25) is 0 Å². The van der Waals surface area contributed by atoms with E-state index in [2.05, 4.69) is 20.9 Å². The summed E-state index contributed by atoms with van der Waals surface area (Å²) in [7, 11) is 0. The van der Waals surface area contributed by atoms with Crippen LogP contribution in [0.1, 0.15) is 18.5 Å². The van der Waals surface area contributed by atoms with Crippen molar-refractivity contribution in [3.05, 3.63) is 77.2 Å². The number of ether oxygens (including phenoxy) is 1. The molecule has 0 saturated carbocycles. The van der Waals surface area contributed by atoms with Gasteiger partial charge in [0, 0.05) is 44.1 Å². The Kier molecular flexibility index (Phi) is 8.29. The fraction of sp³-hybridized carbons (Fsp3) is 0.346. The summed E-state index contributed by atoms with van der Waals surface area (Å²) >= 11 is 0. The third-order valence-electron chi connectivity index (χ3n) is 6.12. The Bertz CT molecular complexity index is 1110.